The Labute approximate surface area is 97.8 Å². The number of aliphatic hydroxyl groups excluding tert-OH is 1. The Balaban J connectivity index is 2.58. The molecule has 0 aliphatic heterocycles. The van der Waals surface area contributed by atoms with Crippen molar-refractivity contribution in [2.24, 2.45) is 0 Å². The zero-order chi connectivity index (χ0) is 13.9. The maximum atomic E-state index is 11.9. The van der Waals surface area contributed by atoms with E-state index in [1.165, 1.54) is 0 Å². The zero-order valence-electron chi connectivity index (χ0n) is 8.69. The Morgan fingerprint density at radius 1 is 1.61 bits per heavy atom. The number of nitro groups is 1. The van der Waals surface area contributed by atoms with Crippen molar-refractivity contribution >= 4 is 11.6 Å². The molecule has 1 amide bonds. The Hall–Kier alpha value is -2.10. The highest BCUT2D eigenvalue weighted by atomic mass is 19.4. The maximum absolute atomic E-state index is 11.9. The van der Waals surface area contributed by atoms with Gasteiger partial charge in [0.2, 0.25) is 0 Å². The molecule has 0 saturated heterocycles. The standard InChI is InChI=1S/C8H8F3N3O4/c9-8(10,11)6(15)3-13-7(16)5-1-4(2-12-5)14(17)18/h1-2,6,12,15H,3H2,(H,13,16). The normalized spacial score (nSPS) is 13.1. The van der Waals surface area contributed by atoms with Gasteiger partial charge in [0.1, 0.15) is 5.69 Å². The van der Waals surface area contributed by atoms with Crippen LogP contribution in [0.3, 0.4) is 0 Å². The summed E-state index contributed by atoms with van der Waals surface area (Å²) < 4.78 is 35.7. The highest BCUT2D eigenvalue weighted by Gasteiger charge is 2.38. The number of aliphatic hydroxyl groups is 1. The van der Waals surface area contributed by atoms with Gasteiger partial charge in [-0.3, -0.25) is 14.9 Å². The molecular weight excluding hydrogens is 259 g/mol. The lowest BCUT2D eigenvalue weighted by atomic mass is 10.3. The Kier molecular flexibility index (Phi) is 3.91. The first-order chi connectivity index (χ1) is 8.21. The van der Waals surface area contributed by atoms with E-state index in [4.69, 9.17) is 5.11 Å². The van der Waals surface area contributed by atoms with E-state index in [-0.39, 0.29) is 5.69 Å². The second kappa shape index (κ2) is 5.04. The Morgan fingerprint density at radius 2 is 2.22 bits per heavy atom. The highest BCUT2D eigenvalue weighted by Crippen LogP contribution is 2.19. The molecule has 0 radical (unpaired) electrons. The van der Waals surface area contributed by atoms with Crippen molar-refractivity contribution in [2.75, 3.05) is 6.54 Å². The van der Waals surface area contributed by atoms with E-state index >= 15 is 0 Å². The lowest BCUT2D eigenvalue weighted by molar-refractivity contribution is -0.384. The van der Waals surface area contributed by atoms with Gasteiger partial charge in [-0.2, -0.15) is 13.2 Å². The fourth-order valence-electron chi connectivity index (χ4n) is 1.02. The molecule has 1 atom stereocenters. The third-order valence-corrected chi connectivity index (χ3v) is 1.96. The SMILES string of the molecule is O=C(NCC(O)C(F)(F)F)c1cc([N+](=O)[O-])c[nH]1. The number of amides is 1. The van der Waals surface area contributed by atoms with Gasteiger partial charge in [0, 0.05) is 6.07 Å². The number of aromatic amines is 1. The summed E-state index contributed by atoms with van der Waals surface area (Å²) in [5.74, 6) is -0.980. The molecule has 0 saturated carbocycles. The number of nitrogens with zero attached hydrogens (tertiary/aromatic N) is 1. The first-order valence-electron chi connectivity index (χ1n) is 4.57. The fraction of sp³-hybridized carbons (Fsp3) is 0.375. The van der Waals surface area contributed by atoms with E-state index in [1.807, 2.05) is 0 Å². The number of aromatic nitrogens is 1. The molecule has 3 N–H and O–H groups in total. The molecule has 18 heavy (non-hydrogen) atoms. The molecule has 0 aliphatic rings. The predicted octanol–water partition coefficient (Wildman–Crippen LogP) is 0.576. The van der Waals surface area contributed by atoms with Crippen molar-refractivity contribution in [1.82, 2.24) is 10.3 Å². The average Bonchev–Trinajstić information content (AvgIpc) is 2.73. The number of alkyl halides is 3. The first kappa shape index (κ1) is 14.0. The van der Waals surface area contributed by atoms with Crippen LogP contribution in [0.1, 0.15) is 10.5 Å². The van der Waals surface area contributed by atoms with Gasteiger partial charge < -0.3 is 15.4 Å². The van der Waals surface area contributed by atoms with Crippen LogP contribution < -0.4 is 5.32 Å². The molecule has 1 rings (SSSR count). The molecular formula is C8H8F3N3O4. The smallest absolute Gasteiger partial charge is 0.382 e. The molecule has 0 aliphatic carbocycles. The van der Waals surface area contributed by atoms with Crippen LogP contribution in [0.25, 0.3) is 0 Å². The minimum atomic E-state index is -4.84. The van der Waals surface area contributed by atoms with Gasteiger partial charge in [0.15, 0.2) is 6.10 Å². The van der Waals surface area contributed by atoms with Crippen LogP contribution in [-0.2, 0) is 0 Å². The van der Waals surface area contributed by atoms with E-state index < -0.39 is 35.3 Å². The third-order valence-electron chi connectivity index (χ3n) is 1.96. The van der Waals surface area contributed by atoms with Crippen molar-refractivity contribution in [1.29, 1.82) is 0 Å². The topological polar surface area (TPSA) is 108 Å². The molecule has 100 valence electrons. The minimum absolute atomic E-state index is 0.268. The van der Waals surface area contributed by atoms with E-state index in [1.54, 1.807) is 5.32 Å². The van der Waals surface area contributed by atoms with Crippen LogP contribution in [0.15, 0.2) is 12.3 Å². The summed E-state index contributed by atoms with van der Waals surface area (Å²) in [4.78, 5) is 23.0. The molecule has 1 aromatic heterocycles. The van der Waals surface area contributed by atoms with Gasteiger partial charge in [0.05, 0.1) is 17.7 Å². The van der Waals surface area contributed by atoms with Crippen molar-refractivity contribution in [3.8, 4) is 0 Å². The monoisotopic (exact) mass is 267 g/mol. The minimum Gasteiger partial charge on any atom is -0.382 e. The molecule has 7 nitrogen and oxygen atoms in total. The summed E-state index contributed by atoms with van der Waals surface area (Å²) in [5.41, 5.74) is -0.660. The first-order valence-corrected chi connectivity index (χ1v) is 4.57. The molecule has 0 spiro atoms. The van der Waals surface area contributed by atoms with Gasteiger partial charge in [0.25, 0.3) is 11.6 Å². The van der Waals surface area contributed by atoms with Gasteiger partial charge in [-0.05, 0) is 0 Å². The fourth-order valence-corrected chi connectivity index (χ4v) is 1.02. The van der Waals surface area contributed by atoms with E-state index in [2.05, 4.69) is 4.98 Å². The van der Waals surface area contributed by atoms with Gasteiger partial charge >= 0.3 is 6.18 Å². The molecule has 10 heteroatoms. The summed E-state index contributed by atoms with van der Waals surface area (Å²) in [7, 11) is 0. The van der Waals surface area contributed by atoms with Gasteiger partial charge in [-0.1, -0.05) is 0 Å². The second-order valence-electron chi connectivity index (χ2n) is 3.30. The number of hydrogen-bond donors (Lipinski definition) is 3. The van der Waals surface area contributed by atoms with Gasteiger partial charge in [-0.25, -0.2) is 0 Å². The van der Waals surface area contributed by atoms with Crippen molar-refractivity contribution < 1.29 is 28.0 Å². The number of hydrogen-bond acceptors (Lipinski definition) is 4. The van der Waals surface area contributed by atoms with Gasteiger partial charge in [-0.15, -0.1) is 0 Å². The summed E-state index contributed by atoms with van der Waals surface area (Å²) in [5, 5.41) is 20.7. The number of carbonyl (C=O) groups is 1. The summed E-state index contributed by atoms with van der Waals surface area (Å²) >= 11 is 0. The molecule has 1 unspecified atom stereocenters. The van der Waals surface area contributed by atoms with Crippen LogP contribution in [-0.4, -0.2) is 39.7 Å². The largest absolute Gasteiger partial charge is 0.416 e. The van der Waals surface area contributed by atoms with E-state index in [9.17, 15) is 28.1 Å². The predicted molar refractivity (Wildman–Crippen MR) is 51.8 cm³/mol. The summed E-state index contributed by atoms with van der Waals surface area (Å²) in [6.07, 6.45) is -6.60. The average molecular weight is 267 g/mol. The van der Waals surface area contributed by atoms with E-state index in [0.29, 0.717) is 0 Å². The number of nitrogens with one attached hydrogen (secondary N) is 2. The number of rotatable bonds is 4. The number of carbonyl (C=O) groups excluding carboxylic acids is 1. The molecule has 0 fully saturated rings. The lowest BCUT2D eigenvalue weighted by Crippen LogP contribution is -2.40. The van der Waals surface area contributed by atoms with Crippen LogP contribution in [0.2, 0.25) is 0 Å². The van der Waals surface area contributed by atoms with Crippen LogP contribution in [0, 0.1) is 10.1 Å². The Morgan fingerprint density at radius 3 is 2.67 bits per heavy atom. The third kappa shape index (κ3) is 3.45. The summed E-state index contributed by atoms with van der Waals surface area (Å²) in [6.45, 7) is -1.03. The number of halogens is 3. The highest BCUT2D eigenvalue weighted by molar-refractivity contribution is 5.93. The zero-order valence-corrected chi connectivity index (χ0v) is 8.69. The number of H-pyrrole nitrogens is 1. The van der Waals surface area contributed by atoms with Crippen LogP contribution in [0.5, 0.6) is 0 Å². The molecule has 0 aromatic carbocycles. The molecule has 0 bridgehead atoms. The van der Waals surface area contributed by atoms with Crippen molar-refractivity contribution in [3.05, 3.63) is 28.1 Å². The summed E-state index contributed by atoms with van der Waals surface area (Å²) in [6, 6.07) is 0.870. The maximum Gasteiger partial charge on any atom is 0.416 e. The van der Waals surface area contributed by atoms with Crippen LogP contribution in [0.4, 0.5) is 18.9 Å². The van der Waals surface area contributed by atoms with Crippen molar-refractivity contribution in [3.63, 3.8) is 0 Å². The quantitative estimate of drug-likeness (QED) is 0.547. The van der Waals surface area contributed by atoms with Crippen molar-refractivity contribution in [2.45, 2.75) is 12.3 Å². The van der Waals surface area contributed by atoms with Crippen LogP contribution >= 0.6 is 0 Å². The molecule has 1 heterocycles. The lowest BCUT2D eigenvalue weighted by Gasteiger charge is -2.14. The Bertz CT molecular complexity index is 457. The second-order valence-corrected chi connectivity index (χ2v) is 3.30. The molecule has 1 aromatic rings. The van der Waals surface area contributed by atoms with E-state index in [0.717, 1.165) is 12.3 Å².